The van der Waals surface area contributed by atoms with E-state index >= 15 is 0 Å². The Morgan fingerprint density at radius 3 is 2.67 bits per heavy atom. The van der Waals surface area contributed by atoms with Gasteiger partial charge in [0.2, 0.25) is 0 Å². The van der Waals surface area contributed by atoms with Crippen LogP contribution in [-0.2, 0) is 4.79 Å². The van der Waals surface area contributed by atoms with Crippen molar-refractivity contribution in [2.24, 2.45) is 5.92 Å². The van der Waals surface area contributed by atoms with Crippen LogP contribution < -0.4 is 0 Å². The molecule has 0 aromatic heterocycles. The van der Waals surface area contributed by atoms with Gasteiger partial charge < -0.3 is 10.2 Å². The first kappa shape index (κ1) is 12.9. The van der Waals surface area contributed by atoms with Crippen LogP contribution in [0.25, 0.3) is 0 Å². The molecule has 2 N–H and O–H groups in total. The lowest BCUT2D eigenvalue weighted by molar-refractivity contribution is -0.141. The van der Waals surface area contributed by atoms with Crippen LogP contribution in [-0.4, -0.2) is 40.2 Å². The topological polar surface area (TPSA) is 60.8 Å². The fourth-order valence-corrected chi connectivity index (χ4v) is 2.60. The summed E-state index contributed by atoms with van der Waals surface area (Å²) in [6.07, 6.45) is 0. The Kier molecular flexibility index (Phi) is 3.57. The molecule has 0 saturated carbocycles. The van der Waals surface area contributed by atoms with E-state index in [0.29, 0.717) is 12.6 Å². The number of hydrogen-bond acceptors (Lipinski definition) is 3. The molecule has 0 bridgehead atoms. The fourth-order valence-electron chi connectivity index (χ4n) is 2.60. The molecule has 98 valence electrons. The quantitative estimate of drug-likeness (QED) is 0.859. The van der Waals surface area contributed by atoms with Crippen LogP contribution in [0.4, 0.5) is 0 Å². The highest BCUT2D eigenvalue weighted by molar-refractivity contribution is 5.72. The summed E-state index contributed by atoms with van der Waals surface area (Å²) < 4.78 is 0. The first-order valence-electron chi connectivity index (χ1n) is 6.25. The molecule has 1 aromatic carbocycles. The zero-order valence-electron chi connectivity index (χ0n) is 10.7. The van der Waals surface area contributed by atoms with Gasteiger partial charge in [0.25, 0.3) is 0 Å². The lowest BCUT2D eigenvalue weighted by Crippen LogP contribution is -2.29. The van der Waals surface area contributed by atoms with Crippen molar-refractivity contribution in [3.8, 4) is 5.75 Å². The third-order valence-corrected chi connectivity index (χ3v) is 3.69. The number of nitrogens with zero attached hydrogens (tertiary/aromatic N) is 1. The van der Waals surface area contributed by atoms with Gasteiger partial charge in [-0.2, -0.15) is 0 Å². The van der Waals surface area contributed by atoms with Crippen molar-refractivity contribution < 1.29 is 15.0 Å². The molecule has 1 aliphatic rings. The molecular weight excluding hydrogens is 230 g/mol. The molecule has 0 radical (unpaired) electrons. The number of phenols is 1. The van der Waals surface area contributed by atoms with E-state index in [1.165, 1.54) is 0 Å². The summed E-state index contributed by atoms with van der Waals surface area (Å²) in [5.41, 5.74) is 0.908. The monoisotopic (exact) mass is 249 g/mol. The number of carboxylic acids is 1. The highest BCUT2D eigenvalue weighted by Crippen LogP contribution is 2.34. The predicted molar refractivity (Wildman–Crippen MR) is 68.7 cm³/mol. The third-order valence-electron chi connectivity index (χ3n) is 3.69. The van der Waals surface area contributed by atoms with Crippen molar-refractivity contribution in [3.05, 3.63) is 29.8 Å². The van der Waals surface area contributed by atoms with E-state index in [-0.39, 0.29) is 11.7 Å². The highest BCUT2D eigenvalue weighted by atomic mass is 16.4. The number of benzene rings is 1. The van der Waals surface area contributed by atoms with Crippen molar-refractivity contribution in [1.82, 2.24) is 4.90 Å². The van der Waals surface area contributed by atoms with Crippen LogP contribution in [0.2, 0.25) is 0 Å². The van der Waals surface area contributed by atoms with Gasteiger partial charge in [0, 0.05) is 25.0 Å². The number of carbonyl (C=O) groups is 1. The van der Waals surface area contributed by atoms with E-state index in [9.17, 15) is 15.0 Å². The number of likely N-dealkylation sites (tertiary alicyclic amines) is 1. The summed E-state index contributed by atoms with van der Waals surface area (Å²) in [5.74, 6) is -1.00. The average Bonchev–Trinajstić information content (AvgIpc) is 2.73. The maximum Gasteiger partial charge on any atom is 0.308 e. The first-order valence-corrected chi connectivity index (χ1v) is 6.25. The first-order chi connectivity index (χ1) is 8.49. The molecule has 0 aliphatic carbocycles. The molecular formula is C14H19NO3. The molecule has 1 fully saturated rings. The molecule has 18 heavy (non-hydrogen) atoms. The minimum absolute atomic E-state index is 0.0444. The van der Waals surface area contributed by atoms with Gasteiger partial charge in [0.15, 0.2) is 0 Å². The number of aliphatic carboxylic acids is 1. The molecule has 4 heteroatoms. The number of rotatable bonds is 3. The highest BCUT2D eigenvalue weighted by Gasteiger charge is 2.39. The van der Waals surface area contributed by atoms with Crippen LogP contribution in [0.3, 0.4) is 0 Å². The van der Waals surface area contributed by atoms with Crippen LogP contribution in [0.1, 0.15) is 25.3 Å². The van der Waals surface area contributed by atoms with Crippen molar-refractivity contribution in [2.45, 2.75) is 25.8 Å². The molecule has 4 nitrogen and oxygen atoms in total. The normalized spacial score (nSPS) is 24.6. The summed E-state index contributed by atoms with van der Waals surface area (Å²) in [6.45, 7) is 5.46. The average molecular weight is 249 g/mol. The van der Waals surface area contributed by atoms with E-state index < -0.39 is 11.9 Å². The van der Waals surface area contributed by atoms with Crippen molar-refractivity contribution in [1.29, 1.82) is 0 Å². The van der Waals surface area contributed by atoms with Crippen molar-refractivity contribution in [2.75, 3.05) is 13.1 Å². The molecule has 2 rings (SSSR count). The smallest absolute Gasteiger partial charge is 0.308 e. The van der Waals surface area contributed by atoms with E-state index in [2.05, 4.69) is 18.7 Å². The van der Waals surface area contributed by atoms with Gasteiger partial charge in [-0.25, -0.2) is 0 Å². The van der Waals surface area contributed by atoms with Crippen LogP contribution in [0.5, 0.6) is 5.75 Å². The second kappa shape index (κ2) is 4.98. The van der Waals surface area contributed by atoms with Crippen LogP contribution >= 0.6 is 0 Å². The van der Waals surface area contributed by atoms with Crippen LogP contribution in [0, 0.1) is 5.92 Å². The molecule has 0 amide bonds. The number of aromatic hydroxyl groups is 1. The second-order valence-corrected chi connectivity index (χ2v) is 5.19. The van der Waals surface area contributed by atoms with Gasteiger partial charge in [-0.05, 0) is 31.5 Å². The zero-order chi connectivity index (χ0) is 13.3. The van der Waals surface area contributed by atoms with E-state index in [0.717, 1.165) is 12.1 Å². The second-order valence-electron chi connectivity index (χ2n) is 5.19. The Morgan fingerprint density at radius 1 is 1.39 bits per heavy atom. The number of carboxylic acid groups (broad SMARTS) is 1. The van der Waals surface area contributed by atoms with E-state index in [1.807, 2.05) is 6.07 Å². The Labute approximate surface area is 107 Å². The standard InChI is InChI=1S/C14H19NO3/c1-9(2)15-7-12(13(8-15)14(17)18)10-4-3-5-11(16)6-10/h3-6,9,12-13,16H,7-8H2,1-2H3,(H,17,18). The Morgan fingerprint density at radius 2 is 2.11 bits per heavy atom. The van der Waals surface area contributed by atoms with Gasteiger partial charge >= 0.3 is 5.97 Å². The molecule has 0 spiro atoms. The predicted octanol–water partition coefficient (Wildman–Crippen LogP) is 1.90. The molecule has 2 atom stereocenters. The maximum absolute atomic E-state index is 11.3. The molecule has 1 aromatic rings. The Hall–Kier alpha value is -1.55. The lowest BCUT2D eigenvalue weighted by atomic mass is 9.89. The minimum Gasteiger partial charge on any atom is -0.508 e. The minimum atomic E-state index is -0.758. The molecule has 1 aliphatic heterocycles. The molecule has 2 unspecified atom stereocenters. The molecule has 1 saturated heterocycles. The SMILES string of the molecule is CC(C)N1CC(C(=O)O)C(c2cccc(O)c2)C1. The van der Waals surface area contributed by atoms with Gasteiger partial charge in [0.05, 0.1) is 5.92 Å². The van der Waals surface area contributed by atoms with Gasteiger partial charge in [-0.1, -0.05) is 12.1 Å². The van der Waals surface area contributed by atoms with Gasteiger partial charge in [-0.3, -0.25) is 9.69 Å². The zero-order valence-corrected chi connectivity index (χ0v) is 10.7. The van der Waals surface area contributed by atoms with E-state index in [4.69, 9.17) is 0 Å². The lowest BCUT2D eigenvalue weighted by Gasteiger charge is -2.20. The van der Waals surface area contributed by atoms with Crippen molar-refractivity contribution >= 4 is 5.97 Å². The Bertz CT molecular complexity index is 444. The number of phenolic OH excluding ortho intramolecular Hbond substituents is 1. The summed E-state index contributed by atoms with van der Waals surface area (Å²) >= 11 is 0. The number of hydrogen-bond donors (Lipinski definition) is 2. The van der Waals surface area contributed by atoms with E-state index in [1.54, 1.807) is 18.2 Å². The van der Waals surface area contributed by atoms with Crippen molar-refractivity contribution in [3.63, 3.8) is 0 Å². The third kappa shape index (κ3) is 2.48. The summed E-state index contributed by atoms with van der Waals surface area (Å²) in [7, 11) is 0. The molecule has 1 heterocycles. The Balaban J connectivity index is 2.27. The summed E-state index contributed by atoms with van der Waals surface area (Å²) in [6, 6.07) is 7.28. The fraction of sp³-hybridized carbons (Fsp3) is 0.500. The van der Waals surface area contributed by atoms with Crippen LogP contribution in [0.15, 0.2) is 24.3 Å². The maximum atomic E-state index is 11.3. The summed E-state index contributed by atoms with van der Waals surface area (Å²) in [5, 5.41) is 18.8. The van der Waals surface area contributed by atoms with Gasteiger partial charge in [-0.15, -0.1) is 0 Å². The largest absolute Gasteiger partial charge is 0.508 e. The van der Waals surface area contributed by atoms with Gasteiger partial charge in [0.1, 0.15) is 5.75 Å². The summed E-state index contributed by atoms with van der Waals surface area (Å²) in [4.78, 5) is 13.5.